The van der Waals surface area contributed by atoms with Gasteiger partial charge in [-0.05, 0) is 47.6 Å². The summed E-state index contributed by atoms with van der Waals surface area (Å²) in [6, 6.07) is -0.947. The first-order valence-corrected chi connectivity index (χ1v) is 14.3. The summed E-state index contributed by atoms with van der Waals surface area (Å²) in [6.07, 6.45) is 3.85. The minimum atomic E-state index is -4.29. The van der Waals surface area contributed by atoms with Gasteiger partial charge >= 0.3 is 19.9 Å². The Labute approximate surface area is 234 Å². The van der Waals surface area contributed by atoms with Gasteiger partial charge in [0.05, 0.1) is 38.2 Å². The number of hydrogen-bond acceptors (Lipinski definition) is 11. The Kier molecular flexibility index (Phi) is 9.54. The number of allylic oxidation sites excluding steroid dienone is 1. The molecule has 3 rings (SSSR count). The highest BCUT2D eigenvalue weighted by Gasteiger charge is 2.61. The standard InChI is InChI=1S/C26H37N2O11P/c1-9-26(7)22-19(37-23(26)28-11-10-18(29)13-20(28)30)15-35-40(33,39-22)34-14-17(12-21(31)36-16(2)3)27(8)24(32)38-25(4,5)6/h1,10-11,16-17,19,22-23H,12-15H2,2-8H3/t17?,19-,22-,23-,26-,40+/m1/s1. The predicted molar refractivity (Wildman–Crippen MR) is 139 cm³/mol. The minimum Gasteiger partial charge on any atom is -0.463 e. The number of ketones is 1. The Balaban J connectivity index is 1.76. The molecule has 3 aliphatic heterocycles. The number of likely N-dealkylation sites (N-methyl/N-ethyl adjacent to an activating group) is 1. The average molecular weight is 585 g/mol. The number of ether oxygens (including phenoxy) is 3. The lowest BCUT2D eigenvalue weighted by Crippen LogP contribution is -2.49. The Morgan fingerprint density at radius 2 is 2.00 bits per heavy atom. The lowest BCUT2D eigenvalue weighted by atomic mass is 9.82. The van der Waals surface area contributed by atoms with Crippen LogP contribution in [-0.2, 0) is 46.7 Å². The molecule has 1 unspecified atom stereocenters. The van der Waals surface area contributed by atoms with Crippen molar-refractivity contribution in [2.45, 2.75) is 90.6 Å². The van der Waals surface area contributed by atoms with Gasteiger partial charge in [0.25, 0.3) is 0 Å². The number of amides is 2. The van der Waals surface area contributed by atoms with Crippen LogP contribution in [0.15, 0.2) is 12.3 Å². The van der Waals surface area contributed by atoms with Crippen molar-refractivity contribution < 1.29 is 51.5 Å². The molecule has 13 nitrogen and oxygen atoms in total. The molecule has 2 fully saturated rings. The number of carbonyl (C=O) groups is 4. The summed E-state index contributed by atoms with van der Waals surface area (Å²) in [6.45, 7) is 9.40. The molecule has 222 valence electrons. The van der Waals surface area contributed by atoms with Gasteiger partial charge in [0.15, 0.2) is 12.0 Å². The molecular weight excluding hydrogens is 547 g/mol. The van der Waals surface area contributed by atoms with Crippen molar-refractivity contribution in [2.75, 3.05) is 20.3 Å². The molecule has 3 aliphatic rings. The maximum atomic E-state index is 13.6. The SMILES string of the molecule is C#C[C@]1(C)[C@@H]2O[P@@](=O)(OCC(CC(=O)OC(C)C)N(C)C(=O)OC(C)(C)C)OC[C@H]2O[C@H]1N1C=CC(=O)CC1=O. The highest BCUT2D eigenvalue weighted by Crippen LogP contribution is 2.59. The zero-order valence-electron chi connectivity index (χ0n) is 23.8. The van der Waals surface area contributed by atoms with Crippen molar-refractivity contribution in [1.29, 1.82) is 0 Å². The Hall–Kier alpha value is -2.75. The van der Waals surface area contributed by atoms with E-state index in [1.165, 1.54) is 24.2 Å². The van der Waals surface area contributed by atoms with Gasteiger partial charge in [-0.3, -0.25) is 32.9 Å². The topological polar surface area (TPSA) is 147 Å². The van der Waals surface area contributed by atoms with E-state index in [-0.39, 0.29) is 25.2 Å². The van der Waals surface area contributed by atoms with Crippen molar-refractivity contribution in [3.63, 3.8) is 0 Å². The zero-order chi connectivity index (χ0) is 30.0. The van der Waals surface area contributed by atoms with Gasteiger partial charge in [0.2, 0.25) is 5.91 Å². The van der Waals surface area contributed by atoms with Gasteiger partial charge in [0, 0.05) is 13.2 Å². The van der Waals surface area contributed by atoms with Crippen molar-refractivity contribution in [1.82, 2.24) is 9.80 Å². The molecule has 0 bridgehead atoms. The van der Waals surface area contributed by atoms with Crippen LogP contribution < -0.4 is 0 Å². The molecule has 0 saturated carbocycles. The van der Waals surface area contributed by atoms with Crippen LogP contribution in [0, 0.1) is 17.8 Å². The number of nitrogens with zero attached hydrogens (tertiary/aromatic N) is 2. The van der Waals surface area contributed by atoms with Crippen LogP contribution in [0.3, 0.4) is 0 Å². The molecule has 3 heterocycles. The Morgan fingerprint density at radius 3 is 2.58 bits per heavy atom. The largest absolute Gasteiger partial charge is 0.475 e. The molecule has 0 N–H and O–H groups in total. The summed E-state index contributed by atoms with van der Waals surface area (Å²) in [5, 5.41) is 0. The van der Waals surface area contributed by atoms with Gasteiger partial charge in [-0.2, -0.15) is 0 Å². The van der Waals surface area contributed by atoms with E-state index < -0.39 is 74.0 Å². The van der Waals surface area contributed by atoms with Gasteiger partial charge in [-0.1, -0.05) is 5.92 Å². The highest BCUT2D eigenvalue weighted by molar-refractivity contribution is 7.48. The number of hydrogen-bond donors (Lipinski definition) is 0. The van der Waals surface area contributed by atoms with Crippen LogP contribution in [0.2, 0.25) is 0 Å². The fourth-order valence-electron chi connectivity index (χ4n) is 4.35. The first-order chi connectivity index (χ1) is 18.5. The van der Waals surface area contributed by atoms with E-state index in [1.54, 1.807) is 41.5 Å². The molecular formula is C26H37N2O11P. The van der Waals surface area contributed by atoms with Gasteiger partial charge in [-0.15, -0.1) is 6.42 Å². The maximum absolute atomic E-state index is 13.6. The molecule has 6 atom stereocenters. The van der Waals surface area contributed by atoms with Crippen LogP contribution in [0.4, 0.5) is 4.79 Å². The smallest absolute Gasteiger partial charge is 0.463 e. The number of fused-ring (bicyclic) bond motifs is 1. The van der Waals surface area contributed by atoms with Crippen molar-refractivity contribution >= 4 is 31.6 Å². The second-order valence-electron chi connectivity index (χ2n) is 11.3. The van der Waals surface area contributed by atoms with Crippen molar-refractivity contribution in [3.05, 3.63) is 12.3 Å². The third-order valence-corrected chi connectivity index (χ3v) is 7.82. The molecule has 2 saturated heterocycles. The minimum absolute atomic E-state index is 0.234. The zero-order valence-corrected chi connectivity index (χ0v) is 24.7. The quantitative estimate of drug-likeness (QED) is 0.180. The van der Waals surface area contributed by atoms with E-state index >= 15 is 0 Å². The highest BCUT2D eigenvalue weighted by atomic mass is 31.2. The van der Waals surface area contributed by atoms with E-state index in [2.05, 4.69) is 5.92 Å². The van der Waals surface area contributed by atoms with E-state index in [0.717, 1.165) is 4.90 Å². The number of rotatable bonds is 8. The molecule has 0 aliphatic carbocycles. The Morgan fingerprint density at radius 1 is 1.32 bits per heavy atom. The molecule has 14 heteroatoms. The summed E-state index contributed by atoms with van der Waals surface area (Å²) >= 11 is 0. The first kappa shape index (κ1) is 31.8. The van der Waals surface area contributed by atoms with Crippen molar-refractivity contribution in [2.24, 2.45) is 5.41 Å². The fourth-order valence-corrected chi connectivity index (χ4v) is 5.86. The van der Waals surface area contributed by atoms with Crippen molar-refractivity contribution in [3.8, 4) is 12.3 Å². The third-order valence-electron chi connectivity index (χ3n) is 6.41. The van der Waals surface area contributed by atoms with Crippen LogP contribution in [-0.4, -0.2) is 90.0 Å². The fraction of sp³-hybridized carbons (Fsp3) is 0.692. The molecule has 0 aromatic heterocycles. The molecule has 40 heavy (non-hydrogen) atoms. The molecule has 0 radical (unpaired) electrons. The number of carbonyl (C=O) groups excluding carboxylic acids is 4. The normalized spacial score (nSPS) is 31.0. The average Bonchev–Trinajstić information content (AvgIpc) is 3.11. The van der Waals surface area contributed by atoms with E-state index in [4.69, 9.17) is 34.2 Å². The third kappa shape index (κ3) is 7.30. The molecule has 0 spiro atoms. The van der Waals surface area contributed by atoms with Crippen LogP contribution in [0.1, 0.15) is 54.4 Å². The molecule has 0 aromatic rings. The lowest BCUT2D eigenvalue weighted by molar-refractivity contribution is -0.149. The van der Waals surface area contributed by atoms with E-state index in [1.807, 2.05) is 0 Å². The van der Waals surface area contributed by atoms with E-state index in [9.17, 15) is 23.7 Å². The van der Waals surface area contributed by atoms with Gasteiger partial charge in [0.1, 0.15) is 23.2 Å². The van der Waals surface area contributed by atoms with Crippen LogP contribution in [0.5, 0.6) is 0 Å². The summed E-state index contributed by atoms with van der Waals surface area (Å²) < 4.78 is 47.0. The van der Waals surface area contributed by atoms with Crippen LogP contribution in [0.25, 0.3) is 0 Å². The predicted octanol–water partition coefficient (Wildman–Crippen LogP) is 2.78. The second-order valence-corrected chi connectivity index (χ2v) is 12.9. The second kappa shape index (κ2) is 12.0. The molecule has 0 aromatic carbocycles. The Bertz CT molecular complexity index is 1140. The lowest BCUT2D eigenvalue weighted by Gasteiger charge is -2.38. The number of phosphoric acid groups is 1. The van der Waals surface area contributed by atoms with E-state index in [0.29, 0.717) is 0 Å². The number of esters is 1. The van der Waals surface area contributed by atoms with Gasteiger partial charge in [-0.25, -0.2) is 9.36 Å². The van der Waals surface area contributed by atoms with Gasteiger partial charge < -0.3 is 19.1 Å². The maximum Gasteiger partial charge on any atom is 0.475 e. The summed E-state index contributed by atoms with van der Waals surface area (Å²) in [7, 11) is -2.87. The van der Waals surface area contributed by atoms with Crippen LogP contribution >= 0.6 is 7.82 Å². The summed E-state index contributed by atoms with van der Waals surface area (Å²) in [5.41, 5.74) is -2.09. The summed E-state index contributed by atoms with van der Waals surface area (Å²) in [5.74, 6) is 1.14. The molecule has 2 amide bonds. The number of phosphoric ester groups is 1. The number of terminal acetylenes is 1. The summed E-state index contributed by atoms with van der Waals surface area (Å²) in [4.78, 5) is 51.7. The first-order valence-electron chi connectivity index (χ1n) is 12.9. The monoisotopic (exact) mass is 584 g/mol.